The highest BCUT2D eigenvalue weighted by Crippen LogP contribution is 2.25. The van der Waals surface area contributed by atoms with Crippen LogP contribution in [0.5, 0.6) is 5.75 Å². The Kier molecular flexibility index (Phi) is 6.06. The lowest BCUT2D eigenvalue weighted by Gasteiger charge is -2.12. The molecule has 4 aromatic rings. The van der Waals surface area contributed by atoms with E-state index >= 15 is 0 Å². The van der Waals surface area contributed by atoms with E-state index in [1.165, 1.54) is 42.1 Å². The first-order chi connectivity index (χ1) is 15.7. The molecule has 2 amide bonds. The fourth-order valence-electron chi connectivity index (χ4n) is 3.04. The second kappa shape index (κ2) is 8.81. The topological polar surface area (TPSA) is 132 Å². The van der Waals surface area contributed by atoms with Gasteiger partial charge in [-0.05, 0) is 43.3 Å². The summed E-state index contributed by atoms with van der Waals surface area (Å²) in [7, 11) is -2.53. The number of sulfonamides is 1. The van der Waals surface area contributed by atoms with Gasteiger partial charge in [0.25, 0.3) is 15.6 Å². The zero-order valence-electron chi connectivity index (χ0n) is 17.2. The van der Waals surface area contributed by atoms with Crippen LogP contribution in [0.1, 0.15) is 5.82 Å². The zero-order valence-corrected chi connectivity index (χ0v) is 19.6. The Morgan fingerprint density at radius 3 is 2.61 bits per heavy atom. The average Bonchev–Trinajstić information content (AvgIpc) is 3.21. The number of hydrogen-bond donors (Lipinski definition) is 2. The van der Waals surface area contributed by atoms with Crippen molar-refractivity contribution in [3.8, 4) is 11.6 Å². The lowest BCUT2D eigenvalue weighted by Crippen LogP contribution is -2.34. The normalized spacial score (nSPS) is 11.4. The molecule has 0 fully saturated rings. The van der Waals surface area contributed by atoms with Crippen molar-refractivity contribution in [3.63, 3.8) is 0 Å². The summed E-state index contributed by atoms with van der Waals surface area (Å²) in [4.78, 5) is 33.8. The highest BCUT2D eigenvalue weighted by molar-refractivity contribution is 7.92. The summed E-state index contributed by atoms with van der Waals surface area (Å²) >= 11 is 6.57. The minimum Gasteiger partial charge on any atom is -0.497 e. The summed E-state index contributed by atoms with van der Waals surface area (Å²) in [5.74, 6) is 1.28. The Labute approximate surface area is 196 Å². The third-order valence-electron chi connectivity index (χ3n) is 4.52. The molecule has 1 aromatic carbocycles. The van der Waals surface area contributed by atoms with E-state index in [0.717, 1.165) is 11.3 Å². The van der Waals surface area contributed by atoms with Crippen molar-refractivity contribution in [2.24, 2.45) is 0 Å². The van der Waals surface area contributed by atoms with Crippen LogP contribution < -0.4 is 20.3 Å². The van der Waals surface area contributed by atoms with Crippen molar-refractivity contribution in [1.82, 2.24) is 19.3 Å². The molecule has 4 rings (SSSR count). The standard InChI is InChI=1S/C20H16ClN5O5S2/c1-11-23-15-9-13(31-2)4-5-14(15)19(27)26(11)17-7-3-12(10-22-17)24-20(28)25-33(29,30)18-8-6-16(21)32-18/h3-10H,1-2H3,(H2,24,25,28). The number of rotatable bonds is 5. The number of hydrogen-bond acceptors (Lipinski definition) is 8. The third-order valence-corrected chi connectivity index (χ3v) is 7.57. The molecule has 0 radical (unpaired) electrons. The van der Waals surface area contributed by atoms with E-state index in [1.54, 1.807) is 25.1 Å². The number of halogens is 1. The molecule has 0 saturated heterocycles. The molecule has 10 nitrogen and oxygen atoms in total. The van der Waals surface area contributed by atoms with E-state index in [1.807, 2.05) is 4.72 Å². The summed E-state index contributed by atoms with van der Waals surface area (Å²) in [6.07, 6.45) is 1.30. The number of aryl methyl sites for hydroxylation is 1. The number of ether oxygens (including phenoxy) is 1. The van der Waals surface area contributed by atoms with Gasteiger partial charge < -0.3 is 10.1 Å². The third kappa shape index (κ3) is 4.67. The number of urea groups is 1. The fourth-order valence-corrected chi connectivity index (χ4v) is 5.43. The van der Waals surface area contributed by atoms with Crippen molar-refractivity contribution in [2.75, 3.05) is 12.4 Å². The van der Waals surface area contributed by atoms with Crippen LogP contribution in [0.15, 0.2) is 57.7 Å². The van der Waals surface area contributed by atoms with Crippen molar-refractivity contribution in [3.05, 3.63) is 69.2 Å². The number of nitrogens with one attached hydrogen (secondary N) is 2. The van der Waals surface area contributed by atoms with Gasteiger partial charge in [-0.1, -0.05) is 11.6 Å². The molecule has 13 heteroatoms. The number of aromatic nitrogens is 3. The van der Waals surface area contributed by atoms with Crippen LogP contribution in [0, 0.1) is 6.92 Å². The minimum absolute atomic E-state index is 0.0904. The van der Waals surface area contributed by atoms with Gasteiger partial charge in [0, 0.05) is 6.07 Å². The van der Waals surface area contributed by atoms with E-state index in [-0.39, 0.29) is 25.6 Å². The van der Waals surface area contributed by atoms with Gasteiger partial charge in [-0.25, -0.2) is 32.5 Å². The van der Waals surface area contributed by atoms with E-state index < -0.39 is 16.1 Å². The van der Waals surface area contributed by atoms with Gasteiger partial charge in [0.2, 0.25) is 0 Å². The molecule has 0 unspecified atom stereocenters. The first-order valence-corrected chi connectivity index (χ1v) is 12.0. The molecular formula is C20H16ClN5O5S2. The van der Waals surface area contributed by atoms with Crippen molar-refractivity contribution in [2.45, 2.75) is 11.1 Å². The van der Waals surface area contributed by atoms with Gasteiger partial charge in [-0.2, -0.15) is 0 Å². The van der Waals surface area contributed by atoms with E-state index in [2.05, 4.69) is 15.3 Å². The number of benzene rings is 1. The smallest absolute Gasteiger partial charge is 0.333 e. The minimum atomic E-state index is -4.06. The van der Waals surface area contributed by atoms with Crippen molar-refractivity contribution < 1.29 is 17.9 Å². The predicted molar refractivity (Wildman–Crippen MR) is 125 cm³/mol. The molecule has 2 N–H and O–H groups in total. The number of pyridine rings is 1. The number of carbonyl (C=O) groups excluding carboxylic acids is 1. The molecule has 0 aliphatic rings. The Balaban J connectivity index is 1.55. The van der Waals surface area contributed by atoms with Gasteiger partial charge >= 0.3 is 6.03 Å². The summed E-state index contributed by atoms with van der Waals surface area (Å²) in [5.41, 5.74) is 0.406. The number of anilines is 1. The van der Waals surface area contributed by atoms with Gasteiger partial charge in [0.1, 0.15) is 21.6 Å². The quantitative estimate of drug-likeness (QED) is 0.425. The lowest BCUT2D eigenvalue weighted by molar-refractivity contribution is 0.256. The second-order valence-electron chi connectivity index (χ2n) is 6.71. The number of fused-ring (bicyclic) bond motifs is 1. The van der Waals surface area contributed by atoms with Gasteiger partial charge in [0.15, 0.2) is 0 Å². The van der Waals surface area contributed by atoms with Crippen LogP contribution in [-0.2, 0) is 10.0 Å². The molecule has 170 valence electrons. The Morgan fingerprint density at radius 2 is 1.97 bits per heavy atom. The van der Waals surface area contributed by atoms with Crippen LogP contribution in [0.3, 0.4) is 0 Å². The summed E-state index contributed by atoms with van der Waals surface area (Å²) in [6.45, 7) is 1.67. The SMILES string of the molecule is COc1ccc2c(=O)n(-c3ccc(NC(=O)NS(=O)(=O)c4ccc(Cl)s4)cn3)c(C)nc2c1. The number of nitrogens with zero attached hydrogens (tertiary/aromatic N) is 3. The van der Waals surface area contributed by atoms with Gasteiger partial charge in [0.05, 0.1) is 34.2 Å². The monoisotopic (exact) mass is 505 g/mol. The highest BCUT2D eigenvalue weighted by atomic mass is 35.5. The maximum Gasteiger partial charge on any atom is 0.333 e. The molecule has 0 bridgehead atoms. The highest BCUT2D eigenvalue weighted by Gasteiger charge is 2.20. The van der Waals surface area contributed by atoms with E-state index in [0.29, 0.717) is 22.5 Å². The molecule has 0 aliphatic carbocycles. The molecule has 3 heterocycles. The molecule has 0 aliphatic heterocycles. The van der Waals surface area contributed by atoms with Gasteiger partial charge in [-0.15, -0.1) is 11.3 Å². The van der Waals surface area contributed by atoms with Crippen LogP contribution in [0.25, 0.3) is 16.7 Å². The Morgan fingerprint density at radius 1 is 1.18 bits per heavy atom. The molecular weight excluding hydrogens is 490 g/mol. The van der Waals surface area contributed by atoms with Crippen LogP contribution in [-0.4, -0.2) is 36.1 Å². The van der Waals surface area contributed by atoms with Crippen LogP contribution in [0.4, 0.5) is 10.5 Å². The lowest BCUT2D eigenvalue weighted by atomic mass is 10.2. The second-order valence-corrected chi connectivity index (χ2v) is 10.3. The number of carbonyl (C=O) groups is 1. The molecule has 0 spiro atoms. The van der Waals surface area contributed by atoms with E-state index in [9.17, 15) is 18.0 Å². The molecule has 0 saturated carbocycles. The van der Waals surface area contributed by atoms with Crippen LogP contribution in [0.2, 0.25) is 4.34 Å². The van der Waals surface area contributed by atoms with Crippen molar-refractivity contribution >= 4 is 55.6 Å². The largest absolute Gasteiger partial charge is 0.497 e. The number of methoxy groups -OCH3 is 1. The number of amides is 2. The molecule has 0 atom stereocenters. The summed E-state index contributed by atoms with van der Waals surface area (Å²) in [5, 5.41) is 2.78. The van der Waals surface area contributed by atoms with Crippen LogP contribution >= 0.6 is 22.9 Å². The van der Waals surface area contributed by atoms with E-state index in [4.69, 9.17) is 16.3 Å². The fraction of sp³-hybridized carbons (Fsp3) is 0.100. The first-order valence-electron chi connectivity index (χ1n) is 9.31. The predicted octanol–water partition coefficient (Wildman–Crippen LogP) is 3.32. The average molecular weight is 506 g/mol. The number of thiophene rings is 1. The first kappa shape index (κ1) is 22.7. The zero-order chi connectivity index (χ0) is 23.8. The Bertz CT molecular complexity index is 1530. The van der Waals surface area contributed by atoms with Crippen molar-refractivity contribution in [1.29, 1.82) is 0 Å². The molecule has 3 aromatic heterocycles. The Hall–Kier alpha value is -3.48. The maximum atomic E-state index is 13.0. The summed E-state index contributed by atoms with van der Waals surface area (Å²) in [6, 6.07) is 9.71. The summed E-state index contributed by atoms with van der Waals surface area (Å²) < 4.78 is 33.0. The van der Waals surface area contributed by atoms with Gasteiger partial charge in [-0.3, -0.25) is 4.79 Å². The molecule has 33 heavy (non-hydrogen) atoms. The maximum absolute atomic E-state index is 13.0.